The van der Waals surface area contributed by atoms with Crippen molar-refractivity contribution >= 4 is 5.91 Å². The molecule has 1 fully saturated rings. The molecule has 0 spiro atoms. The van der Waals surface area contributed by atoms with Gasteiger partial charge in [-0.15, -0.1) is 0 Å². The lowest BCUT2D eigenvalue weighted by Crippen LogP contribution is -2.42. The highest BCUT2D eigenvalue weighted by atomic mass is 16.5. The minimum atomic E-state index is 0.0579. The lowest BCUT2D eigenvalue weighted by Gasteiger charge is -2.33. The number of ether oxygens (including phenoxy) is 2. The molecule has 5 heteroatoms. The van der Waals surface area contributed by atoms with Crippen LogP contribution in [0.15, 0.2) is 48.5 Å². The summed E-state index contributed by atoms with van der Waals surface area (Å²) in [7, 11) is 1.66. The maximum Gasteiger partial charge on any atom is 0.224 e. The Morgan fingerprint density at radius 2 is 1.90 bits per heavy atom. The molecule has 2 aliphatic heterocycles. The number of piperidine rings is 1. The minimum Gasteiger partial charge on any atom is -0.497 e. The summed E-state index contributed by atoms with van der Waals surface area (Å²) in [6.07, 6.45) is 4.16. The summed E-state index contributed by atoms with van der Waals surface area (Å²) >= 11 is 0. The summed E-state index contributed by atoms with van der Waals surface area (Å²) in [6.45, 7) is 6.18. The van der Waals surface area contributed by atoms with Crippen molar-refractivity contribution in [1.82, 2.24) is 9.80 Å². The Hall–Kier alpha value is -2.53. The Kier molecular flexibility index (Phi) is 7.13. The number of fused-ring (bicyclic) bond motifs is 1. The van der Waals surface area contributed by atoms with Crippen LogP contribution in [0.2, 0.25) is 0 Å². The Bertz CT molecular complexity index is 862. The van der Waals surface area contributed by atoms with E-state index >= 15 is 0 Å². The normalized spacial score (nSPS) is 19.9. The molecule has 2 aromatic carbocycles. The summed E-state index contributed by atoms with van der Waals surface area (Å²) < 4.78 is 11.3. The van der Waals surface area contributed by atoms with Crippen LogP contribution in [-0.2, 0) is 17.8 Å². The van der Waals surface area contributed by atoms with Gasteiger partial charge in [0.25, 0.3) is 0 Å². The molecule has 5 nitrogen and oxygen atoms in total. The third kappa shape index (κ3) is 5.59. The van der Waals surface area contributed by atoms with E-state index in [-0.39, 0.29) is 11.9 Å². The standard InChI is InChI=1S/C26H34N2O3/c1-20-19-31-25-9-8-24(30-2)17-23(25)18-28(20)26(29)12-15-27-13-10-22(11-14-27)16-21-6-4-3-5-7-21/h3-9,17,20,22H,10-16,18-19H2,1-2H3/t20-/m1/s1. The summed E-state index contributed by atoms with van der Waals surface area (Å²) in [6, 6.07) is 16.7. The predicted octanol–water partition coefficient (Wildman–Crippen LogP) is 4.15. The number of methoxy groups -OCH3 is 1. The highest BCUT2D eigenvalue weighted by Gasteiger charge is 2.27. The van der Waals surface area contributed by atoms with Gasteiger partial charge in [-0.05, 0) is 69.0 Å². The highest BCUT2D eigenvalue weighted by Crippen LogP contribution is 2.29. The fourth-order valence-electron chi connectivity index (χ4n) is 4.68. The SMILES string of the molecule is COc1ccc2c(c1)CN(C(=O)CCN1CCC(Cc3ccccc3)CC1)[C@H](C)CO2. The molecule has 2 aliphatic rings. The van der Waals surface area contributed by atoms with Crippen LogP contribution in [-0.4, -0.2) is 55.1 Å². The molecule has 31 heavy (non-hydrogen) atoms. The fourth-order valence-corrected chi connectivity index (χ4v) is 4.68. The predicted molar refractivity (Wildman–Crippen MR) is 122 cm³/mol. The van der Waals surface area contributed by atoms with Crippen molar-refractivity contribution in [2.45, 2.75) is 45.2 Å². The van der Waals surface area contributed by atoms with Crippen LogP contribution in [0, 0.1) is 5.92 Å². The molecule has 1 saturated heterocycles. The third-order valence-corrected chi connectivity index (χ3v) is 6.66. The molecule has 0 bridgehead atoms. The van der Waals surface area contributed by atoms with E-state index in [9.17, 15) is 4.79 Å². The van der Waals surface area contributed by atoms with E-state index in [0.29, 0.717) is 19.6 Å². The average molecular weight is 423 g/mol. The zero-order chi connectivity index (χ0) is 21.6. The van der Waals surface area contributed by atoms with Crippen molar-refractivity contribution in [3.8, 4) is 11.5 Å². The quantitative estimate of drug-likeness (QED) is 0.701. The number of nitrogens with zero attached hydrogens (tertiary/aromatic N) is 2. The molecule has 0 aromatic heterocycles. The molecule has 0 saturated carbocycles. The topological polar surface area (TPSA) is 42.0 Å². The molecule has 0 radical (unpaired) electrons. The molecule has 4 rings (SSSR count). The Morgan fingerprint density at radius 1 is 1.13 bits per heavy atom. The largest absolute Gasteiger partial charge is 0.497 e. The van der Waals surface area contributed by atoms with E-state index in [0.717, 1.165) is 42.6 Å². The van der Waals surface area contributed by atoms with Gasteiger partial charge in [-0.1, -0.05) is 30.3 Å². The minimum absolute atomic E-state index is 0.0579. The van der Waals surface area contributed by atoms with E-state index in [1.54, 1.807) is 7.11 Å². The van der Waals surface area contributed by atoms with Crippen LogP contribution in [0.5, 0.6) is 11.5 Å². The van der Waals surface area contributed by atoms with Gasteiger partial charge in [-0.25, -0.2) is 0 Å². The Labute approximate surface area is 185 Å². The first-order valence-electron chi connectivity index (χ1n) is 11.5. The number of carbonyl (C=O) groups is 1. The van der Waals surface area contributed by atoms with E-state index in [1.807, 2.05) is 23.1 Å². The van der Waals surface area contributed by atoms with Gasteiger partial charge in [0, 0.05) is 25.1 Å². The van der Waals surface area contributed by atoms with E-state index < -0.39 is 0 Å². The highest BCUT2D eigenvalue weighted by molar-refractivity contribution is 5.77. The second kappa shape index (κ2) is 10.2. The van der Waals surface area contributed by atoms with E-state index in [4.69, 9.17) is 9.47 Å². The lowest BCUT2D eigenvalue weighted by atomic mass is 9.90. The number of rotatable bonds is 6. The number of hydrogen-bond donors (Lipinski definition) is 0. The zero-order valence-corrected chi connectivity index (χ0v) is 18.8. The van der Waals surface area contributed by atoms with Crippen LogP contribution < -0.4 is 9.47 Å². The summed E-state index contributed by atoms with van der Waals surface area (Å²) in [5.74, 6) is 2.60. The molecular formula is C26H34N2O3. The van der Waals surface area contributed by atoms with Crippen molar-refractivity contribution < 1.29 is 14.3 Å². The fraction of sp³-hybridized carbons (Fsp3) is 0.500. The number of hydrogen-bond acceptors (Lipinski definition) is 4. The molecule has 166 valence electrons. The van der Waals surface area contributed by atoms with Gasteiger partial charge in [0.05, 0.1) is 13.2 Å². The van der Waals surface area contributed by atoms with Gasteiger partial charge in [0.1, 0.15) is 18.1 Å². The number of amides is 1. The summed E-state index contributed by atoms with van der Waals surface area (Å²) in [4.78, 5) is 17.5. The van der Waals surface area contributed by atoms with Gasteiger partial charge in [-0.3, -0.25) is 4.79 Å². The molecule has 0 aliphatic carbocycles. The van der Waals surface area contributed by atoms with Crippen molar-refractivity contribution in [2.75, 3.05) is 33.4 Å². The lowest BCUT2D eigenvalue weighted by molar-refractivity contribution is -0.134. The zero-order valence-electron chi connectivity index (χ0n) is 18.8. The number of carbonyl (C=O) groups excluding carboxylic acids is 1. The first kappa shape index (κ1) is 21.7. The second-order valence-electron chi connectivity index (χ2n) is 8.88. The van der Waals surface area contributed by atoms with Gasteiger partial charge in [0.15, 0.2) is 0 Å². The van der Waals surface area contributed by atoms with Crippen molar-refractivity contribution in [2.24, 2.45) is 5.92 Å². The number of likely N-dealkylation sites (tertiary alicyclic amines) is 1. The maximum atomic E-state index is 13.1. The molecule has 1 atom stereocenters. The monoisotopic (exact) mass is 422 g/mol. The average Bonchev–Trinajstić information content (AvgIpc) is 2.97. The van der Waals surface area contributed by atoms with Crippen LogP contribution >= 0.6 is 0 Å². The second-order valence-corrected chi connectivity index (χ2v) is 8.88. The van der Waals surface area contributed by atoms with Gasteiger partial charge < -0.3 is 19.3 Å². The third-order valence-electron chi connectivity index (χ3n) is 6.66. The molecule has 2 heterocycles. The molecular weight excluding hydrogens is 388 g/mol. The summed E-state index contributed by atoms with van der Waals surface area (Å²) in [5, 5.41) is 0. The summed E-state index contributed by atoms with van der Waals surface area (Å²) in [5.41, 5.74) is 2.45. The van der Waals surface area contributed by atoms with Gasteiger partial charge in [0.2, 0.25) is 5.91 Å². The van der Waals surface area contributed by atoms with E-state index in [1.165, 1.54) is 24.8 Å². The van der Waals surface area contributed by atoms with Crippen LogP contribution in [0.3, 0.4) is 0 Å². The maximum absolute atomic E-state index is 13.1. The molecule has 0 N–H and O–H groups in total. The number of benzene rings is 2. The van der Waals surface area contributed by atoms with Crippen molar-refractivity contribution in [3.63, 3.8) is 0 Å². The van der Waals surface area contributed by atoms with E-state index in [2.05, 4.69) is 42.2 Å². The van der Waals surface area contributed by atoms with Crippen LogP contribution in [0.1, 0.15) is 37.3 Å². The molecule has 1 amide bonds. The first-order chi connectivity index (χ1) is 15.1. The van der Waals surface area contributed by atoms with Gasteiger partial charge in [-0.2, -0.15) is 0 Å². The first-order valence-corrected chi connectivity index (χ1v) is 11.5. The Balaban J connectivity index is 1.27. The van der Waals surface area contributed by atoms with Crippen molar-refractivity contribution in [3.05, 3.63) is 59.7 Å². The van der Waals surface area contributed by atoms with Crippen molar-refractivity contribution in [1.29, 1.82) is 0 Å². The van der Waals surface area contributed by atoms with Crippen LogP contribution in [0.25, 0.3) is 0 Å². The van der Waals surface area contributed by atoms with Gasteiger partial charge >= 0.3 is 0 Å². The molecule has 2 aromatic rings. The smallest absolute Gasteiger partial charge is 0.224 e. The van der Waals surface area contributed by atoms with Crippen LogP contribution in [0.4, 0.5) is 0 Å². The molecule has 0 unspecified atom stereocenters. The Morgan fingerprint density at radius 3 is 2.65 bits per heavy atom.